The van der Waals surface area contributed by atoms with Crippen LogP contribution in [0.2, 0.25) is 0 Å². The van der Waals surface area contributed by atoms with Crippen LogP contribution in [0.4, 0.5) is 0 Å². The van der Waals surface area contributed by atoms with E-state index in [-0.39, 0.29) is 23.6 Å². The second-order valence-corrected chi connectivity index (χ2v) is 8.42. The molecule has 3 aromatic rings. The van der Waals surface area contributed by atoms with Gasteiger partial charge < -0.3 is 10.6 Å². The van der Waals surface area contributed by atoms with Crippen LogP contribution in [-0.2, 0) is 4.79 Å². The summed E-state index contributed by atoms with van der Waals surface area (Å²) in [6.07, 6.45) is 1.71. The maximum absolute atomic E-state index is 13.0. The molecule has 0 radical (unpaired) electrons. The summed E-state index contributed by atoms with van der Waals surface area (Å²) >= 11 is 1.51. The van der Waals surface area contributed by atoms with Crippen molar-refractivity contribution < 1.29 is 9.59 Å². The standard InChI is InChI=1S/C25H26N2O2S/c1-16-7-5-8-21(13-16)24(28)27-23(15-22-9-6-12-30-22)25(29)26-19(4)20-11-10-17(2)18(3)14-20/h5-15,19H,1-4H3,(H,26,29)(H,27,28)/b23-15-. The van der Waals surface area contributed by atoms with Crippen LogP contribution in [0.25, 0.3) is 6.08 Å². The van der Waals surface area contributed by atoms with Crippen LogP contribution < -0.4 is 10.6 Å². The summed E-state index contributed by atoms with van der Waals surface area (Å²) < 4.78 is 0. The first-order chi connectivity index (χ1) is 14.3. The molecular weight excluding hydrogens is 392 g/mol. The SMILES string of the molecule is Cc1cccc(C(=O)N/C(=C\c2cccs2)C(=O)NC(C)c2ccc(C)c(C)c2)c1. The maximum atomic E-state index is 13.0. The maximum Gasteiger partial charge on any atom is 0.268 e. The molecule has 2 amide bonds. The number of hydrogen-bond acceptors (Lipinski definition) is 3. The molecule has 0 aliphatic rings. The van der Waals surface area contributed by atoms with Gasteiger partial charge in [-0.1, -0.05) is 42.0 Å². The zero-order valence-electron chi connectivity index (χ0n) is 17.7. The summed E-state index contributed by atoms with van der Waals surface area (Å²) in [7, 11) is 0. The van der Waals surface area contributed by atoms with Crippen molar-refractivity contribution >= 4 is 29.2 Å². The Kier molecular flexibility index (Phi) is 6.85. The van der Waals surface area contributed by atoms with E-state index in [0.717, 1.165) is 16.0 Å². The molecule has 1 aromatic heterocycles. The first-order valence-corrected chi connectivity index (χ1v) is 10.7. The number of thiophene rings is 1. The van der Waals surface area contributed by atoms with Gasteiger partial charge in [0.1, 0.15) is 5.70 Å². The smallest absolute Gasteiger partial charge is 0.268 e. The van der Waals surface area contributed by atoms with Crippen LogP contribution >= 0.6 is 11.3 Å². The molecule has 1 atom stereocenters. The van der Waals surface area contributed by atoms with Crippen molar-refractivity contribution in [3.05, 3.63) is 98.4 Å². The van der Waals surface area contributed by atoms with Crippen molar-refractivity contribution in [3.8, 4) is 0 Å². The van der Waals surface area contributed by atoms with Gasteiger partial charge in [0.2, 0.25) is 0 Å². The lowest BCUT2D eigenvalue weighted by Gasteiger charge is -2.17. The van der Waals surface area contributed by atoms with E-state index in [0.29, 0.717) is 5.56 Å². The number of nitrogens with one attached hydrogen (secondary N) is 2. The zero-order chi connectivity index (χ0) is 21.7. The molecule has 0 bridgehead atoms. The fraction of sp³-hybridized carbons (Fsp3) is 0.200. The fourth-order valence-electron chi connectivity index (χ4n) is 3.05. The average molecular weight is 419 g/mol. The number of carbonyl (C=O) groups is 2. The highest BCUT2D eigenvalue weighted by Crippen LogP contribution is 2.18. The van der Waals surface area contributed by atoms with Crippen LogP contribution in [0.1, 0.15) is 50.5 Å². The van der Waals surface area contributed by atoms with Crippen molar-refractivity contribution in [2.24, 2.45) is 0 Å². The molecule has 154 valence electrons. The summed E-state index contributed by atoms with van der Waals surface area (Å²) in [5, 5.41) is 7.73. The monoisotopic (exact) mass is 418 g/mol. The lowest BCUT2D eigenvalue weighted by molar-refractivity contribution is -0.118. The summed E-state index contributed by atoms with van der Waals surface area (Å²) in [6, 6.07) is 17.1. The lowest BCUT2D eigenvalue weighted by Crippen LogP contribution is -2.36. The Morgan fingerprint density at radius 1 is 0.967 bits per heavy atom. The summed E-state index contributed by atoms with van der Waals surface area (Å²) in [6.45, 7) is 7.98. The van der Waals surface area contributed by atoms with Gasteiger partial charge in [0, 0.05) is 10.4 Å². The molecule has 0 saturated carbocycles. The first-order valence-electron chi connectivity index (χ1n) is 9.84. The van der Waals surface area contributed by atoms with Crippen molar-refractivity contribution in [3.63, 3.8) is 0 Å². The van der Waals surface area contributed by atoms with Crippen molar-refractivity contribution in [2.45, 2.75) is 33.7 Å². The Morgan fingerprint density at radius 2 is 1.77 bits per heavy atom. The van der Waals surface area contributed by atoms with Crippen molar-refractivity contribution in [2.75, 3.05) is 0 Å². The third-order valence-electron chi connectivity index (χ3n) is 4.98. The zero-order valence-corrected chi connectivity index (χ0v) is 18.5. The summed E-state index contributed by atoms with van der Waals surface area (Å²) in [4.78, 5) is 26.7. The average Bonchev–Trinajstić information content (AvgIpc) is 3.22. The molecule has 3 rings (SSSR count). The van der Waals surface area contributed by atoms with Crippen molar-refractivity contribution in [1.29, 1.82) is 0 Å². The third-order valence-corrected chi connectivity index (χ3v) is 5.80. The van der Waals surface area contributed by atoms with Crippen LogP contribution in [-0.4, -0.2) is 11.8 Å². The van der Waals surface area contributed by atoms with Gasteiger partial charge in [-0.15, -0.1) is 11.3 Å². The molecule has 2 aromatic carbocycles. The number of carbonyl (C=O) groups excluding carboxylic acids is 2. The largest absolute Gasteiger partial charge is 0.344 e. The molecule has 0 aliphatic heterocycles. The van der Waals surface area contributed by atoms with Crippen LogP contribution in [0.3, 0.4) is 0 Å². The molecule has 0 fully saturated rings. The predicted octanol–water partition coefficient (Wildman–Crippen LogP) is 5.32. The summed E-state index contributed by atoms with van der Waals surface area (Å²) in [5.74, 6) is -0.634. The van der Waals surface area contributed by atoms with E-state index in [1.165, 1.54) is 22.5 Å². The highest BCUT2D eigenvalue weighted by atomic mass is 32.1. The Bertz CT molecular complexity index is 1080. The molecule has 0 spiro atoms. The minimum absolute atomic E-state index is 0.195. The molecule has 4 nitrogen and oxygen atoms in total. The van der Waals surface area contributed by atoms with Crippen molar-refractivity contribution in [1.82, 2.24) is 10.6 Å². The highest BCUT2D eigenvalue weighted by Gasteiger charge is 2.18. The Labute approximate surface area is 181 Å². The first kappa shape index (κ1) is 21.5. The van der Waals surface area contributed by atoms with Gasteiger partial charge in [-0.2, -0.15) is 0 Å². The second kappa shape index (κ2) is 9.55. The Morgan fingerprint density at radius 3 is 2.43 bits per heavy atom. The number of rotatable bonds is 6. The molecule has 1 unspecified atom stereocenters. The van der Waals surface area contributed by atoms with E-state index in [9.17, 15) is 9.59 Å². The highest BCUT2D eigenvalue weighted by molar-refractivity contribution is 7.10. The molecular formula is C25H26N2O2S. The number of amides is 2. The Hall–Kier alpha value is -3.18. The number of aryl methyl sites for hydroxylation is 3. The van der Waals surface area contributed by atoms with E-state index in [1.807, 2.05) is 49.6 Å². The molecule has 0 saturated heterocycles. The van der Waals surface area contributed by atoms with Crippen LogP contribution in [0.15, 0.2) is 65.7 Å². The molecule has 2 N–H and O–H groups in total. The molecule has 5 heteroatoms. The molecule has 1 heterocycles. The van der Waals surface area contributed by atoms with Gasteiger partial charge in [0.15, 0.2) is 0 Å². The Balaban J connectivity index is 1.82. The number of hydrogen-bond donors (Lipinski definition) is 2. The van der Waals surface area contributed by atoms with Crippen LogP contribution in [0, 0.1) is 20.8 Å². The van der Waals surface area contributed by atoms with Gasteiger partial charge in [0.25, 0.3) is 11.8 Å². The van der Waals surface area contributed by atoms with Crippen LogP contribution in [0.5, 0.6) is 0 Å². The molecule has 30 heavy (non-hydrogen) atoms. The van der Waals surface area contributed by atoms with E-state index < -0.39 is 0 Å². The topological polar surface area (TPSA) is 58.2 Å². The minimum atomic E-state index is -0.324. The van der Waals surface area contributed by atoms with E-state index >= 15 is 0 Å². The third kappa shape index (κ3) is 5.45. The second-order valence-electron chi connectivity index (χ2n) is 7.44. The van der Waals surface area contributed by atoms with E-state index in [1.54, 1.807) is 18.2 Å². The van der Waals surface area contributed by atoms with Gasteiger partial charge in [-0.3, -0.25) is 9.59 Å². The molecule has 0 aliphatic carbocycles. The van der Waals surface area contributed by atoms with Gasteiger partial charge >= 0.3 is 0 Å². The predicted molar refractivity (Wildman–Crippen MR) is 123 cm³/mol. The van der Waals surface area contributed by atoms with Gasteiger partial charge in [0.05, 0.1) is 6.04 Å². The quantitative estimate of drug-likeness (QED) is 0.532. The van der Waals surface area contributed by atoms with E-state index in [2.05, 4.69) is 36.6 Å². The minimum Gasteiger partial charge on any atom is -0.344 e. The van der Waals surface area contributed by atoms with E-state index in [4.69, 9.17) is 0 Å². The normalized spacial score (nSPS) is 12.3. The summed E-state index contributed by atoms with van der Waals surface area (Å²) in [5.41, 5.74) is 5.13. The number of benzene rings is 2. The fourth-order valence-corrected chi connectivity index (χ4v) is 3.70. The van der Waals surface area contributed by atoms with Gasteiger partial charge in [-0.05, 0) is 74.0 Å². The van der Waals surface area contributed by atoms with Gasteiger partial charge in [-0.25, -0.2) is 0 Å². The lowest BCUT2D eigenvalue weighted by atomic mass is 10.0.